The monoisotopic (exact) mass is 341 g/mol. The number of rotatable bonds is 3. The van der Waals surface area contributed by atoms with Crippen molar-refractivity contribution in [3.63, 3.8) is 0 Å². The average molecular weight is 341 g/mol. The summed E-state index contributed by atoms with van der Waals surface area (Å²) in [4.78, 5) is 15.9. The van der Waals surface area contributed by atoms with Gasteiger partial charge in [0.05, 0.1) is 12.7 Å². The Labute approximate surface area is 144 Å². The van der Waals surface area contributed by atoms with Crippen LogP contribution < -0.4 is 0 Å². The van der Waals surface area contributed by atoms with E-state index in [2.05, 4.69) is 4.98 Å². The van der Waals surface area contributed by atoms with Gasteiger partial charge >= 0.3 is 5.97 Å². The van der Waals surface area contributed by atoms with Crippen LogP contribution in [0.1, 0.15) is 35.3 Å². The summed E-state index contributed by atoms with van der Waals surface area (Å²) in [5, 5.41) is 1.47. The average Bonchev–Trinajstić information content (AvgIpc) is 2.59. The molecule has 0 aliphatic carbocycles. The number of nitrogens with zero attached hydrogens (tertiary/aromatic N) is 1. The number of methoxy groups -OCH3 is 1. The number of halogens is 2. The SMILES string of the molecule is COC(=O)c1ccc2c(C(C)(C)c3c(F)cccc3F)cncc2c1. The van der Waals surface area contributed by atoms with E-state index in [0.29, 0.717) is 16.5 Å². The molecule has 25 heavy (non-hydrogen) atoms. The highest BCUT2D eigenvalue weighted by atomic mass is 19.1. The van der Waals surface area contributed by atoms with Crippen molar-refractivity contribution in [3.05, 3.63) is 77.1 Å². The first kappa shape index (κ1) is 17.0. The van der Waals surface area contributed by atoms with E-state index in [1.165, 1.54) is 25.3 Å². The van der Waals surface area contributed by atoms with Gasteiger partial charge in [0, 0.05) is 28.8 Å². The topological polar surface area (TPSA) is 39.2 Å². The van der Waals surface area contributed by atoms with Gasteiger partial charge in [0.1, 0.15) is 11.6 Å². The van der Waals surface area contributed by atoms with E-state index in [1.807, 2.05) is 0 Å². The van der Waals surface area contributed by atoms with Gasteiger partial charge in [-0.3, -0.25) is 4.98 Å². The van der Waals surface area contributed by atoms with Gasteiger partial charge < -0.3 is 4.74 Å². The zero-order chi connectivity index (χ0) is 18.2. The number of hydrogen-bond acceptors (Lipinski definition) is 3. The van der Waals surface area contributed by atoms with Gasteiger partial charge in [-0.15, -0.1) is 0 Å². The lowest BCUT2D eigenvalue weighted by Gasteiger charge is -2.28. The molecule has 0 saturated heterocycles. The van der Waals surface area contributed by atoms with E-state index in [0.717, 1.165) is 5.39 Å². The van der Waals surface area contributed by atoms with Crippen LogP contribution in [0, 0.1) is 11.6 Å². The summed E-state index contributed by atoms with van der Waals surface area (Å²) in [5.41, 5.74) is 0.102. The molecule has 128 valence electrons. The molecule has 0 atom stereocenters. The standard InChI is InChI=1S/C20H17F2NO2/c1-20(2,18-16(21)5-4-6-17(18)22)15-11-23-10-13-9-12(19(24)25-3)7-8-14(13)15/h4-11H,1-3H3. The highest BCUT2D eigenvalue weighted by Gasteiger charge is 2.31. The van der Waals surface area contributed by atoms with Gasteiger partial charge in [0.2, 0.25) is 0 Å². The predicted octanol–water partition coefficient (Wildman–Crippen LogP) is 4.63. The number of carbonyl (C=O) groups excluding carboxylic acids is 1. The second-order valence-electron chi connectivity index (χ2n) is 6.34. The van der Waals surface area contributed by atoms with Crippen LogP contribution in [0.2, 0.25) is 0 Å². The molecule has 5 heteroatoms. The number of aromatic nitrogens is 1. The lowest BCUT2D eigenvalue weighted by molar-refractivity contribution is 0.0601. The van der Waals surface area contributed by atoms with Crippen LogP contribution in [0.4, 0.5) is 8.78 Å². The Kier molecular flexibility index (Phi) is 4.25. The number of ether oxygens (including phenoxy) is 1. The zero-order valence-electron chi connectivity index (χ0n) is 14.1. The van der Waals surface area contributed by atoms with E-state index >= 15 is 0 Å². The van der Waals surface area contributed by atoms with Gasteiger partial charge in [-0.2, -0.15) is 0 Å². The fourth-order valence-electron chi connectivity index (χ4n) is 3.15. The molecule has 0 bridgehead atoms. The maximum Gasteiger partial charge on any atom is 0.337 e. The largest absolute Gasteiger partial charge is 0.465 e. The molecule has 2 aromatic carbocycles. The molecule has 0 aliphatic heterocycles. The molecule has 0 N–H and O–H groups in total. The normalized spacial score (nSPS) is 11.6. The van der Waals surface area contributed by atoms with Crippen molar-refractivity contribution in [1.29, 1.82) is 0 Å². The molecule has 0 spiro atoms. The van der Waals surface area contributed by atoms with Crippen molar-refractivity contribution in [2.24, 2.45) is 0 Å². The minimum Gasteiger partial charge on any atom is -0.465 e. The first-order valence-electron chi connectivity index (χ1n) is 7.77. The second-order valence-corrected chi connectivity index (χ2v) is 6.34. The molecule has 1 aromatic heterocycles. The maximum atomic E-state index is 14.3. The highest BCUT2D eigenvalue weighted by Crippen LogP contribution is 2.38. The minimum absolute atomic E-state index is 0.0126. The quantitative estimate of drug-likeness (QED) is 0.652. The summed E-state index contributed by atoms with van der Waals surface area (Å²) < 4.78 is 33.4. The number of benzene rings is 2. The van der Waals surface area contributed by atoms with Crippen LogP contribution in [0.25, 0.3) is 10.8 Å². The zero-order valence-corrected chi connectivity index (χ0v) is 14.1. The number of carbonyl (C=O) groups is 1. The van der Waals surface area contributed by atoms with Crippen molar-refractivity contribution >= 4 is 16.7 Å². The van der Waals surface area contributed by atoms with Gasteiger partial charge in [-0.1, -0.05) is 26.0 Å². The van der Waals surface area contributed by atoms with Crippen molar-refractivity contribution in [3.8, 4) is 0 Å². The van der Waals surface area contributed by atoms with Crippen LogP contribution in [0.3, 0.4) is 0 Å². The van der Waals surface area contributed by atoms with E-state index in [1.54, 1.807) is 44.4 Å². The third kappa shape index (κ3) is 2.86. The molecule has 3 rings (SSSR count). The molecule has 0 unspecified atom stereocenters. The smallest absolute Gasteiger partial charge is 0.337 e. The molecule has 3 nitrogen and oxygen atoms in total. The van der Waals surface area contributed by atoms with Crippen LogP contribution in [-0.4, -0.2) is 18.1 Å². The summed E-state index contributed by atoms with van der Waals surface area (Å²) in [6.45, 7) is 3.50. The summed E-state index contributed by atoms with van der Waals surface area (Å²) in [7, 11) is 1.31. The molecule has 0 amide bonds. The van der Waals surface area contributed by atoms with Crippen molar-refractivity contribution < 1.29 is 18.3 Å². The lowest BCUT2D eigenvalue weighted by atomic mass is 9.76. The Morgan fingerprint density at radius 3 is 2.40 bits per heavy atom. The summed E-state index contributed by atoms with van der Waals surface area (Å²) >= 11 is 0. The molecule has 0 saturated carbocycles. The van der Waals surface area contributed by atoms with E-state index in [-0.39, 0.29) is 5.56 Å². The Morgan fingerprint density at radius 2 is 1.76 bits per heavy atom. The second kappa shape index (κ2) is 6.24. The Balaban J connectivity index is 2.23. The van der Waals surface area contributed by atoms with Crippen LogP contribution in [0.15, 0.2) is 48.8 Å². The lowest BCUT2D eigenvalue weighted by Crippen LogP contribution is -2.23. The van der Waals surface area contributed by atoms with E-state index in [4.69, 9.17) is 4.74 Å². The molecule has 3 aromatic rings. The number of fused-ring (bicyclic) bond motifs is 1. The summed E-state index contributed by atoms with van der Waals surface area (Å²) in [6.07, 6.45) is 3.21. The number of pyridine rings is 1. The van der Waals surface area contributed by atoms with Gasteiger partial charge in [-0.25, -0.2) is 13.6 Å². The van der Waals surface area contributed by atoms with Gasteiger partial charge in [0.15, 0.2) is 0 Å². The van der Waals surface area contributed by atoms with Crippen molar-refractivity contribution in [1.82, 2.24) is 4.98 Å². The maximum absolute atomic E-state index is 14.3. The molecule has 1 heterocycles. The minimum atomic E-state index is -0.950. The molecule has 0 fully saturated rings. The van der Waals surface area contributed by atoms with Crippen molar-refractivity contribution in [2.45, 2.75) is 19.3 Å². The Hall–Kier alpha value is -2.82. The van der Waals surface area contributed by atoms with Crippen LogP contribution in [-0.2, 0) is 10.2 Å². The Morgan fingerprint density at radius 1 is 1.08 bits per heavy atom. The van der Waals surface area contributed by atoms with Crippen LogP contribution >= 0.6 is 0 Å². The first-order chi connectivity index (χ1) is 11.9. The highest BCUT2D eigenvalue weighted by molar-refractivity contribution is 5.96. The summed E-state index contributed by atoms with van der Waals surface area (Å²) in [6, 6.07) is 8.87. The third-order valence-electron chi connectivity index (χ3n) is 4.44. The summed E-state index contributed by atoms with van der Waals surface area (Å²) in [5.74, 6) is -1.66. The third-order valence-corrected chi connectivity index (χ3v) is 4.44. The first-order valence-corrected chi connectivity index (χ1v) is 7.77. The van der Waals surface area contributed by atoms with Crippen LogP contribution in [0.5, 0.6) is 0 Å². The van der Waals surface area contributed by atoms with E-state index in [9.17, 15) is 13.6 Å². The fraction of sp³-hybridized carbons (Fsp3) is 0.200. The molecule has 0 radical (unpaired) electrons. The molecular weight excluding hydrogens is 324 g/mol. The van der Waals surface area contributed by atoms with E-state index < -0.39 is 23.0 Å². The predicted molar refractivity (Wildman–Crippen MR) is 91.6 cm³/mol. The van der Waals surface area contributed by atoms with Gasteiger partial charge in [0.25, 0.3) is 0 Å². The molecule has 0 aliphatic rings. The number of esters is 1. The molecular formula is C20H17F2NO2. The fourth-order valence-corrected chi connectivity index (χ4v) is 3.15. The van der Waals surface area contributed by atoms with Crippen molar-refractivity contribution in [2.75, 3.05) is 7.11 Å². The van der Waals surface area contributed by atoms with Gasteiger partial charge in [-0.05, 0) is 35.2 Å². The Bertz CT molecular complexity index is 947. The number of hydrogen-bond donors (Lipinski definition) is 0.